The first-order valence-electron chi connectivity index (χ1n) is 26.5. The van der Waals surface area contributed by atoms with Crippen LogP contribution in [0.15, 0.2) is 0 Å². The van der Waals surface area contributed by atoms with Crippen LogP contribution in [0, 0.1) is 0 Å². The molecule has 0 heterocycles. The number of carbonyl (C=O) groups is 3. The van der Waals surface area contributed by atoms with E-state index in [4.69, 9.17) is 14.2 Å². The summed E-state index contributed by atoms with van der Waals surface area (Å²) in [6.07, 6.45) is 52.5. The Balaban J connectivity index is 4.16. The third-order valence-electron chi connectivity index (χ3n) is 12.1. The van der Waals surface area contributed by atoms with Crippen molar-refractivity contribution in [3.8, 4) is 0 Å². The molecule has 6 nitrogen and oxygen atoms in total. The molecule has 0 aromatic rings. The van der Waals surface area contributed by atoms with Crippen LogP contribution in [0.2, 0.25) is 0 Å². The van der Waals surface area contributed by atoms with Gasteiger partial charge >= 0.3 is 17.9 Å². The van der Waals surface area contributed by atoms with Gasteiger partial charge in [-0.1, -0.05) is 265 Å². The van der Waals surface area contributed by atoms with Crippen molar-refractivity contribution in [1.29, 1.82) is 0 Å². The molecule has 59 heavy (non-hydrogen) atoms. The SMILES string of the molecule is CCCCCCCCCCCCCCCCCCCCCC(=O)OCC(COC(=O)CCCCCCCCC)OC(=O)CCCCCCCCCCCCCCCCC. The van der Waals surface area contributed by atoms with Gasteiger partial charge in [-0.05, 0) is 19.3 Å². The van der Waals surface area contributed by atoms with E-state index in [0.717, 1.165) is 57.8 Å². The summed E-state index contributed by atoms with van der Waals surface area (Å²) in [6.45, 7) is 6.65. The fraction of sp³-hybridized carbons (Fsp3) is 0.943. The number of unbranched alkanes of at least 4 members (excludes halogenated alkanes) is 38. The Bertz CT molecular complexity index is 874. The first kappa shape index (κ1) is 57.4. The van der Waals surface area contributed by atoms with E-state index in [9.17, 15) is 14.4 Å². The van der Waals surface area contributed by atoms with Crippen LogP contribution in [-0.4, -0.2) is 37.2 Å². The van der Waals surface area contributed by atoms with Crippen LogP contribution in [0.3, 0.4) is 0 Å². The van der Waals surface area contributed by atoms with Gasteiger partial charge in [0, 0.05) is 19.3 Å². The van der Waals surface area contributed by atoms with Crippen LogP contribution < -0.4 is 0 Å². The Morgan fingerprint density at radius 2 is 0.458 bits per heavy atom. The lowest BCUT2D eigenvalue weighted by Crippen LogP contribution is -2.30. The lowest BCUT2D eigenvalue weighted by Gasteiger charge is -2.18. The molecule has 0 aliphatic rings. The molecule has 0 rings (SSSR count). The Morgan fingerprint density at radius 1 is 0.271 bits per heavy atom. The summed E-state index contributed by atoms with van der Waals surface area (Å²) < 4.78 is 16.8. The highest BCUT2D eigenvalue weighted by atomic mass is 16.6. The summed E-state index contributed by atoms with van der Waals surface area (Å²) in [5, 5.41) is 0. The van der Waals surface area contributed by atoms with Gasteiger partial charge in [0.25, 0.3) is 0 Å². The molecule has 350 valence electrons. The van der Waals surface area contributed by atoms with Crippen molar-refractivity contribution in [2.24, 2.45) is 0 Å². The number of esters is 3. The molecule has 0 spiro atoms. The van der Waals surface area contributed by atoms with E-state index in [-0.39, 0.29) is 31.1 Å². The zero-order valence-corrected chi connectivity index (χ0v) is 40.1. The van der Waals surface area contributed by atoms with Crippen LogP contribution in [0.4, 0.5) is 0 Å². The van der Waals surface area contributed by atoms with Crippen LogP contribution >= 0.6 is 0 Å². The van der Waals surface area contributed by atoms with Crippen molar-refractivity contribution < 1.29 is 28.6 Å². The maximum absolute atomic E-state index is 12.8. The van der Waals surface area contributed by atoms with Crippen LogP contribution in [-0.2, 0) is 28.6 Å². The molecule has 0 N–H and O–H groups in total. The molecular weight excluding hydrogens is 733 g/mol. The highest BCUT2D eigenvalue weighted by Gasteiger charge is 2.19. The smallest absolute Gasteiger partial charge is 0.306 e. The number of hydrogen-bond acceptors (Lipinski definition) is 6. The molecule has 1 unspecified atom stereocenters. The monoisotopic (exact) mass is 835 g/mol. The quantitative estimate of drug-likeness (QED) is 0.0345. The van der Waals surface area contributed by atoms with Crippen molar-refractivity contribution in [1.82, 2.24) is 0 Å². The summed E-state index contributed by atoms with van der Waals surface area (Å²) in [7, 11) is 0. The topological polar surface area (TPSA) is 78.9 Å². The van der Waals surface area contributed by atoms with Gasteiger partial charge in [-0.15, -0.1) is 0 Å². The standard InChI is InChI=1S/C53H102O6/c1-4-7-10-13-16-18-20-22-24-25-26-27-29-30-32-34-37-40-43-46-52(55)58-49-50(48-57-51(54)45-42-39-36-15-12-9-6-3)59-53(56)47-44-41-38-35-33-31-28-23-21-19-17-14-11-8-5-2/h50H,4-49H2,1-3H3. The first-order chi connectivity index (χ1) is 29.0. The van der Waals surface area contributed by atoms with E-state index in [2.05, 4.69) is 20.8 Å². The molecule has 0 aliphatic heterocycles. The van der Waals surface area contributed by atoms with E-state index >= 15 is 0 Å². The summed E-state index contributed by atoms with van der Waals surface area (Å²) in [4.78, 5) is 37.8. The van der Waals surface area contributed by atoms with Crippen LogP contribution in [0.25, 0.3) is 0 Å². The predicted octanol–water partition coefficient (Wildman–Crippen LogP) is 17.2. The minimum atomic E-state index is -0.758. The molecular formula is C53H102O6. The highest BCUT2D eigenvalue weighted by molar-refractivity contribution is 5.71. The van der Waals surface area contributed by atoms with Gasteiger partial charge in [-0.3, -0.25) is 14.4 Å². The molecule has 0 aliphatic carbocycles. The van der Waals surface area contributed by atoms with E-state index in [0.29, 0.717) is 19.3 Å². The van der Waals surface area contributed by atoms with Crippen LogP contribution in [0.5, 0.6) is 0 Å². The van der Waals surface area contributed by atoms with E-state index in [1.54, 1.807) is 0 Å². The van der Waals surface area contributed by atoms with Gasteiger partial charge in [-0.2, -0.15) is 0 Å². The maximum Gasteiger partial charge on any atom is 0.306 e. The van der Waals surface area contributed by atoms with E-state index in [1.165, 1.54) is 205 Å². The second kappa shape index (κ2) is 49.1. The van der Waals surface area contributed by atoms with Gasteiger partial charge in [0.2, 0.25) is 0 Å². The van der Waals surface area contributed by atoms with Crippen molar-refractivity contribution in [3.05, 3.63) is 0 Å². The molecule has 1 atom stereocenters. The van der Waals surface area contributed by atoms with Gasteiger partial charge in [0.05, 0.1) is 0 Å². The average molecular weight is 835 g/mol. The Morgan fingerprint density at radius 3 is 0.678 bits per heavy atom. The van der Waals surface area contributed by atoms with Crippen molar-refractivity contribution in [2.45, 2.75) is 309 Å². The first-order valence-corrected chi connectivity index (χ1v) is 26.5. The molecule has 0 aromatic heterocycles. The minimum Gasteiger partial charge on any atom is -0.462 e. The Kier molecular flexibility index (Phi) is 47.7. The zero-order valence-electron chi connectivity index (χ0n) is 40.1. The summed E-state index contributed by atoms with van der Waals surface area (Å²) >= 11 is 0. The normalized spacial score (nSPS) is 11.8. The van der Waals surface area contributed by atoms with E-state index < -0.39 is 6.10 Å². The average Bonchev–Trinajstić information content (AvgIpc) is 3.23. The molecule has 0 aromatic carbocycles. The molecule has 0 fully saturated rings. The molecule has 0 saturated heterocycles. The van der Waals surface area contributed by atoms with Crippen molar-refractivity contribution in [2.75, 3.05) is 13.2 Å². The number of ether oxygens (including phenoxy) is 3. The van der Waals surface area contributed by atoms with Gasteiger partial charge in [0.1, 0.15) is 13.2 Å². The van der Waals surface area contributed by atoms with Gasteiger partial charge < -0.3 is 14.2 Å². The molecule has 0 bridgehead atoms. The second-order valence-electron chi connectivity index (χ2n) is 18.2. The lowest BCUT2D eigenvalue weighted by molar-refractivity contribution is -0.167. The summed E-state index contributed by atoms with van der Waals surface area (Å²) in [6, 6.07) is 0. The largest absolute Gasteiger partial charge is 0.462 e. The van der Waals surface area contributed by atoms with Crippen LogP contribution in [0.1, 0.15) is 303 Å². The number of hydrogen-bond donors (Lipinski definition) is 0. The maximum atomic E-state index is 12.8. The third-order valence-corrected chi connectivity index (χ3v) is 12.1. The molecule has 0 saturated carbocycles. The molecule has 6 heteroatoms. The fourth-order valence-corrected chi connectivity index (χ4v) is 8.09. The Hall–Kier alpha value is -1.59. The molecule has 0 radical (unpaired) electrons. The highest BCUT2D eigenvalue weighted by Crippen LogP contribution is 2.17. The number of rotatable bonds is 49. The Labute approximate surface area is 368 Å². The summed E-state index contributed by atoms with van der Waals surface area (Å²) in [5.74, 6) is -0.847. The van der Waals surface area contributed by atoms with Gasteiger partial charge in [-0.25, -0.2) is 0 Å². The predicted molar refractivity (Wildman–Crippen MR) is 252 cm³/mol. The third kappa shape index (κ3) is 47.3. The number of carbonyl (C=O) groups excluding carboxylic acids is 3. The van der Waals surface area contributed by atoms with Gasteiger partial charge in [0.15, 0.2) is 6.10 Å². The molecule has 0 amide bonds. The fourth-order valence-electron chi connectivity index (χ4n) is 8.09. The summed E-state index contributed by atoms with van der Waals surface area (Å²) in [5.41, 5.74) is 0. The lowest BCUT2D eigenvalue weighted by atomic mass is 10.0. The zero-order chi connectivity index (χ0) is 43.0. The second-order valence-corrected chi connectivity index (χ2v) is 18.2. The van der Waals surface area contributed by atoms with Crippen molar-refractivity contribution >= 4 is 17.9 Å². The minimum absolute atomic E-state index is 0.0622. The van der Waals surface area contributed by atoms with Crippen molar-refractivity contribution in [3.63, 3.8) is 0 Å². The van der Waals surface area contributed by atoms with E-state index in [1.807, 2.05) is 0 Å².